The van der Waals surface area contributed by atoms with E-state index in [1.165, 1.54) is 14.2 Å². The number of hydrogen-bond donors (Lipinski definition) is 1. The number of rotatable bonds is 4. The molecule has 1 aromatic rings. The molecule has 0 aliphatic carbocycles. The lowest BCUT2D eigenvalue weighted by Gasteiger charge is -2.17. The molecule has 1 rings (SSSR count). The van der Waals surface area contributed by atoms with Crippen molar-refractivity contribution in [3.05, 3.63) is 22.2 Å². The van der Waals surface area contributed by atoms with Gasteiger partial charge in [0.15, 0.2) is 11.5 Å². The van der Waals surface area contributed by atoms with Crippen molar-refractivity contribution in [2.75, 3.05) is 14.2 Å². The first-order valence-corrected chi connectivity index (χ1v) is 5.45. The first-order valence-electron chi connectivity index (χ1n) is 5.07. The maximum atomic E-state index is 11.0. The summed E-state index contributed by atoms with van der Waals surface area (Å²) in [6.45, 7) is 3.39. The number of halogens is 1. The number of hydrogen-bond acceptors (Lipinski definition) is 3. The van der Waals surface area contributed by atoms with Crippen LogP contribution in [-0.4, -0.2) is 25.3 Å². The summed E-state index contributed by atoms with van der Waals surface area (Å²) < 4.78 is 10.4. The Labute approximate surface area is 105 Å². The smallest absolute Gasteiger partial charge is 0.310 e. The molecule has 0 heterocycles. The summed E-state index contributed by atoms with van der Waals surface area (Å²) in [4.78, 5) is 11.0. The highest BCUT2D eigenvalue weighted by molar-refractivity contribution is 6.32. The Kier molecular flexibility index (Phi) is 4.23. The Morgan fingerprint density at radius 1 is 1.35 bits per heavy atom. The number of carbonyl (C=O) groups is 1. The van der Waals surface area contributed by atoms with E-state index >= 15 is 0 Å². The largest absolute Gasteiger partial charge is 0.493 e. The molecule has 0 aliphatic heterocycles. The highest BCUT2D eigenvalue weighted by Crippen LogP contribution is 2.41. The van der Waals surface area contributed by atoms with E-state index in [0.717, 1.165) is 5.56 Å². The maximum absolute atomic E-state index is 11.0. The van der Waals surface area contributed by atoms with Crippen LogP contribution in [0.2, 0.25) is 5.02 Å². The topological polar surface area (TPSA) is 55.8 Å². The van der Waals surface area contributed by atoms with E-state index in [1.54, 1.807) is 19.9 Å². The van der Waals surface area contributed by atoms with E-state index in [0.29, 0.717) is 22.1 Å². The van der Waals surface area contributed by atoms with Crippen LogP contribution in [0, 0.1) is 6.92 Å². The summed E-state index contributed by atoms with van der Waals surface area (Å²) in [6.07, 6.45) is 0. The Morgan fingerprint density at radius 3 is 2.29 bits per heavy atom. The zero-order valence-electron chi connectivity index (χ0n) is 10.2. The van der Waals surface area contributed by atoms with Crippen LogP contribution in [0.5, 0.6) is 11.5 Å². The molecule has 5 heteroatoms. The van der Waals surface area contributed by atoms with Gasteiger partial charge in [0.2, 0.25) is 0 Å². The number of aliphatic carboxylic acids is 1. The van der Waals surface area contributed by atoms with E-state index in [2.05, 4.69) is 0 Å². The number of carboxylic acids is 1. The van der Waals surface area contributed by atoms with Gasteiger partial charge in [-0.2, -0.15) is 0 Å². The second-order valence-corrected chi connectivity index (χ2v) is 4.11. The minimum absolute atomic E-state index is 0.345. The predicted octanol–water partition coefficient (Wildman–Crippen LogP) is 2.85. The molecule has 1 atom stereocenters. The second kappa shape index (κ2) is 5.27. The lowest BCUT2D eigenvalue weighted by molar-refractivity contribution is -0.138. The average molecular weight is 259 g/mol. The molecule has 0 saturated carbocycles. The molecule has 4 nitrogen and oxygen atoms in total. The van der Waals surface area contributed by atoms with Crippen molar-refractivity contribution in [1.82, 2.24) is 0 Å². The van der Waals surface area contributed by atoms with Gasteiger partial charge in [-0.3, -0.25) is 4.79 Å². The number of carboxylic acid groups (broad SMARTS) is 1. The van der Waals surface area contributed by atoms with Gasteiger partial charge in [-0.25, -0.2) is 0 Å². The van der Waals surface area contributed by atoms with Gasteiger partial charge in [-0.05, 0) is 31.0 Å². The van der Waals surface area contributed by atoms with Gasteiger partial charge >= 0.3 is 5.97 Å². The van der Waals surface area contributed by atoms with Crippen LogP contribution in [0.4, 0.5) is 0 Å². The summed E-state index contributed by atoms with van der Waals surface area (Å²) in [5.41, 5.74) is 1.35. The summed E-state index contributed by atoms with van der Waals surface area (Å²) in [6, 6.07) is 1.61. The van der Waals surface area contributed by atoms with Crippen LogP contribution in [0.15, 0.2) is 6.07 Å². The number of methoxy groups -OCH3 is 2. The predicted molar refractivity (Wildman–Crippen MR) is 65.3 cm³/mol. The molecule has 0 amide bonds. The third-order valence-electron chi connectivity index (χ3n) is 2.72. The molecule has 0 aromatic heterocycles. The standard InChI is InChI=1S/C12H15ClO4/c1-6-8(7(2)12(14)15)5-9(13)11(17-4)10(6)16-3/h5,7H,1-4H3,(H,14,15). The SMILES string of the molecule is COc1c(Cl)cc(C(C)C(=O)O)c(C)c1OC. The molecular weight excluding hydrogens is 244 g/mol. The van der Waals surface area contributed by atoms with Gasteiger partial charge in [0, 0.05) is 0 Å². The number of benzene rings is 1. The summed E-state index contributed by atoms with van der Waals surface area (Å²) in [5.74, 6) is -0.653. The molecule has 0 saturated heterocycles. The van der Waals surface area contributed by atoms with Gasteiger partial charge < -0.3 is 14.6 Å². The first-order chi connectivity index (χ1) is 7.93. The van der Waals surface area contributed by atoms with Crippen molar-refractivity contribution in [2.24, 2.45) is 0 Å². The van der Waals surface area contributed by atoms with Crippen LogP contribution >= 0.6 is 11.6 Å². The van der Waals surface area contributed by atoms with E-state index in [4.69, 9.17) is 26.2 Å². The Hall–Kier alpha value is -1.42. The fourth-order valence-corrected chi connectivity index (χ4v) is 2.02. The van der Waals surface area contributed by atoms with Crippen molar-refractivity contribution in [1.29, 1.82) is 0 Å². The molecule has 1 aromatic carbocycles. The van der Waals surface area contributed by atoms with Crippen molar-refractivity contribution >= 4 is 17.6 Å². The minimum Gasteiger partial charge on any atom is -0.493 e. The fourth-order valence-electron chi connectivity index (χ4n) is 1.74. The molecule has 17 heavy (non-hydrogen) atoms. The lowest BCUT2D eigenvalue weighted by Crippen LogP contribution is -2.10. The Balaban J connectivity index is 3.45. The third kappa shape index (κ3) is 2.47. The molecular formula is C12H15ClO4. The lowest BCUT2D eigenvalue weighted by atomic mass is 9.95. The van der Waals surface area contributed by atoms with Crippen molar-refractivity contribution in [2.45, 2.75) is 19.8 Å². The number of ether oxygens (including phenoxy) is 2. The second-order valence-electron chi connectivity index (χ2n) is 3.70. The molecule has 0 bridgehead atoms. The van der Waals surface area contributed by atoms with E-state index < -0.39 is 11.9 Å². The minimum atomic E-state index is -0.906. The van der Waals surface area contributed by atoms with Gasteiger partial charge in [0.1, 0.15) is 0 Å². The summed E-state index contributed by atoms with van der Waals surface area (Å²) >= 11 is 6.04. The zero-order valence-corrected chi connectivity index (χ0v) is 11.0. The molecule has 1 N–H and O–H groups in total. The van der Waals surface area contributed by atoms with Crippen molar-refractivity contribution < 1.29 is 19.4 Å². The monoisotopic (exact) mass is 258 g/mol. The third-order valence-corrected chi connectivity index (χ3v) is 3.00. The average Bonchev–Trinajstić information content (AvgIpc) is 2.29. The quantitative estimate of drug-likeness (QED) is 0.902. The zero-order chi connectivity index (χ0) is 13.2. The Bertz CT molecular complexity index is 443. The van der Waals surface area contributed by atoms with Crippen LogP contribution in [-0.2, 0) is 4.79 Å². The molecule has 94 valence electrons. The molecule has 0 radical (unpaired) electrons. The van der Waals surface area contributed by atoms with E-state index in [1.807, 2.05) is 0 Å². The van der Waals surface area contributed by atoms with Crippen molar-refractivity contribution in [3.8, 4) is 11.5 Å². The summed E-state index contributed by atoms with van der Waals surface area (Å²) in [7, 11) is 2.99. The van der Waals surface area contributed by atoms with Crippen LogP contribution in [0.25, 0.3) is 0 Å². The Morgan fingerprint density at radius 2 is 1.88 bits per heavy atom. The normalized spacial score (nSPS) is 12.1. The highest BCUT2D eigenvalue weighted by atomic mass is 35.5. The fraction of sp³-hybridized carbons (Fsp3) is 0.417. The van der Waals surface area contributed by atoms with E-state index in [9.17, 15) is 4.79 Å². The van der Waals surface area contributed by atoms with Gasteiger partial charge in [0.05, 0.1) is 25.2 Å². The molecule has 0 aliphatic rings. The van der Waals surface area contributed by atoms with Crippen molar-refractivity contribution in [3.63, 3.8) is 0 Å². The van der Waals surface area contributed by atoms with Gasteiger partial charge in [0.25, 0.3) is 0 Å². The van der Waals surface area contributed by atoms with E-state index in [-0.39, 0.29) is 0 Å². The van der Waals surface area contributed by atoms with Crippen LogP contribution in [0.3, 0.4) is 0 Å². The maximum Gasteiger partial charge on any atom is 0.310 e. The summed E-state index contributed by atoms with van der Waals surface area (Å²) in [5, 5.41) is 9.37. The molecule has 0 spiro atoms. The van der Waals surface area contributed by atoms with Gasteiger partial charge in [-0.15, -0.1) is 0 Å². The molecule has 0 fully saturated rings. The van der Waals surface area contributed by atoms with Crippen LogP contribution in [0.1, 0.15) is 24.0 Å². The van der Waals surface area contributed by atoms with Crippen LogP contribution < -0.4 is 9.47 Å². The first kappa shape index (κ1) is 13.6. The molecule has 1 unspecified atom stereocenters. The van der Waals surface area contributed by atoms with Gasteiger partial charge in [-0.1, -0.05) is 11.6 Å². The highest BCUT2D eigenvalue weighted by Gasteiger charge is 2.22.